The highest BCUT2D eigenvalue weighted by Crippen LogP contribution is 2.68. The molecule has 4 rings (SSSR count). The minimum Gasteiger partial charge on any atom is -0.472 e. The van der Waals surface area contributed by atoms with E-state index < -0.39 is 82.8 Å². The van der Waals surface area contributed by atoms with Crippen LogP contribution in [0.5, 0.6) is 0 Å². The minimum absolute atomic E-state index is 0.124. The van der Waals surface area contributed by atoms with Crippen molar-refractivity contribution in [2.24, 2.45) is 23.2 Å². The van der Waals surface area contributed by atoms with Crippen LogP contribution in [0.2, 0.25) is 0 Å². The Morgan fingerprint density at radius 3 is 2.19 bits per heavy atom. The highest BCUT2D eigenvalue weighted by atomic mass is 16.6. The minimum atomic E-state index is -1.69. The number of fused-ring (bicyclic) bond motifs is 1. The molecular weight excluding hydrogens is 560 g/mol. The predicted molar refractivity (Wildman–Crippen MR) is 152 cm³/mol. The standard InChI is InChI=1S/C32H46O11/c1-9-18(3)26(34)40-23-15-30(8,37)32-14-22(29(6,7)43-32)13-24(41-28(36)21-11-12-38-16-21)31(32,17-39-20(5)33)25(23)42-27(35)19(4)10-2/h11-12,16,18-19,22-25,37H,9-10,13-15,17H2,1-8H3/t18-,19-,22-,23+,24+,25+,30+,31-,32+/m1/s1. The van der Waals surface area contributed by atoms with E-state index in [1.54, 1.807) is 20.8 Å². The van der Waals surface area contributed by atoms with Gasteiger partial charge in [-0.2, -0.15) is 0 Å². The number of hydrogen-bond acceptors (Lipinski definition) is 11. The molecule has 2 heterocycles. The first-order valence-corrected chi connectivity index (χ1v) is 15.2. The molecule has 2 aliphatic carbocycles. The molecule has 9 atom stereocenters. The number of carbonyl (C=O) groups is 4. The molecular formula is C32H46O11. The van der Waals surface area contributed by atoms with Gasteiger partial charge < -0.3 is 33.2 Å². The van der Waals surface area contributed by atoms with Crippen LogP contribution in [0.25, 0.3) is 0 Å². The molecule has 2 bridgehead atoms. The zero-order valence-electron chi connectivity index (χ0n) is 26.5. The van der Waals surface area contributed by atoms with Gasteiger partial charge in [-0.25, -0.2) is 4.79 Å². The van der Waals surface area contributed by atoms with Crippen LogP contribution >= 0.6 is 0 Å². The van der Waals surface area contributed by atoms with Crippen LogP contribution in [-0.2, 0) is 38.1 Å². The Kier molecular flexibility index (Phi) is 9.11. The first-order chi connectivity index (χ1) is 20.0. The second kappa shape index (κ2) is 11.9. The Morgan fingerprint density at radius 2 is 1.63 bits per heavy atom. The molecule has 0 aromatic carbocycles. The lowest BCUT2D eigenvalue weighted by Crippen LogP contribution is -2.80. The number of aliphatic hydroxyl groups is 1. The summed E-state index contributed by atoms with van der Waals surface area (Å²) in [5.41, 5.74) is -5.52. The van der Waals surface area contributed by atoms with Crippen molar-refractivity contribution < 1.29 is 52.4 Å². The number of rotatable bonds is 10. The Hall–Kier alpha value is -2.92. The summed E-state index contributed by atoms with van der Waals surface area (Å²) in [7, 11) is 0. The zero-order chi connectivity index (χ0) is 32.0. The Morgan fingerprint density at radius 1 is 1.00 bits per heavy atom. The van der Waals surface area contributed by atoms with E-state index in [1.165, 1.54) is 25.5 Å². The third-order valence-electron chi connectivity index (χ3n) is 10.2. The molecule has 1 aliphatic heterocycles. The van der Waals surface area contributed by atoms with Crippen molar-refractivity contribution in [3.8, 4) is 0 Å². The maximum Gasteiger partial charge on any atom is 0.341 e. The van der Waals surface area contributed by atoms with E-state index >= 15 is 0 Å². The highest BCUT2D eigenvalue weighted by molar-refractivity contribution is 5.89. The van der Waals surface area contributed by atoms with Gasteiger partial charge in [0.15, 0.2) is 6.10 Å². The van der Waals surface area contributed by atoms with Gasteiger partial charge in [0.2, 0.25) is 0 Å². The summed E-state index contributed by atoms with van der Waals surface area (Å²) in [5.74, 6) is -3.59. The lowest BCUT2D eigenvalue weighted by atomic mass is 9.47. The summed E-state index contributed by atoms with van der Waals surface area (Å²) in [6.07, 6.45) is 0.471. The summed E-state index contributed by atoms with van der Waals surface area (Å²) >= 11 is 0. The third-order valence-corrected chi connectivity index (χ3v) is 10.2. The van der Waals surface area contributed by atoms with Crippen molar-refractivity contribution in [3.63, 3.8) is 0 Å². The van der Waals surface area contributed by atoms with Crippen LogP contribution in [0.1, 0.15) is 97.9 Å². The van der Waals surface area contributed by atoms with Crippen molar-refractivity contribution >= 4 is 23.9 Å². The second-order valence-electron chi connectivity index (χ2n) is 13.3. The number of carbonyl (C=O) groups excluding carboxylic acids is 4. The molecule has 0 amide bonds. The monoisotopic (exact) mass is 606 g/mol. The molecule has 1 N–H and O–H groups in total. The molecule has 3 fully saturated rings. The maximum absolute atomic E-state index is 13.5. The Labute approximate surface area is 252 Å². The van der Waals surface area contributed by atoms with Crippen LogP contribution in [0, 0.1) is 23.2 Å². The summed E-state index contributed by atoms with van der Waals surface area (Å²) in [6.45, 7) is 13.3. The highest BCUT2D eigenvalue weighted by Gasteiger charge is 2.81. The van der Waals surface area contributed by atoms with Gasteiger partial charge in [0.1, 0.15) is 36.1 Å². The van der Waals surface area contributed by atoms with E-state index in [9.17, 15) is 24.3 Å². The van der Waals surface area contributed by atoms with E-state index in [2.05, 4.69) is 0 Å². The quantitative estimate of drug-likeness (QED) is 0.299. The lowest BCUT2D eigenvalue weighted by molar-refractivity contribution is -0.338. The molecule has 1 saturated heterocycles. The first kappa shape index (κ1) is 33.0. The van der Waals surface area contributed by atoms with Crippen molar-refractivity contribution in [1.82, 2.24) is 0 Å². The van der Waals surface area contributed by atoms with E-state index in [4.69, 9.17) is 28.1 Å². The molecule has 3 aliphatic rings. The lowest BCUT2D eigenvalue weighted by Gasteiger charge is -2.64. The summed E-state index contributed by atoms with van der Waals surface area (Å²) in [4.78, 5) is 52.6. The fourth-order valence-corrected chi connectivity index (χ4v) is 7.16. The zero-order valence-corrected chi connectivity index (χ0v) is 26.5. The van der Waals surface area contributed by atoms with Crippen LogP contribution in [0.15, 0.2) is 23.0 Å². The summed E-state index contributed by atoms with van der Waals surface area (Å²) in [5, 5.41) is 12.4. The van der Waals surface area contributed by atoms with Gasteiger partial charge >= 0.3 is 23.9 Å². The van der Waals surface area contributed by atoms with Crippen molar-refractivity contribution in [2.45, 2.75) is 123 Å². The van der Waals surface area contributed by atoms with E-state index in [-0.39, 0.29) is 24.3 Å². The smallest absolute Gasteiger partial charge is 0.341 e. The fraction of sp³-hybridized carbons (Fsp3) is 0.750. The molecule has 2 saturated carbocycles. The second-order valence-corrected chi connectivity index (χ2v) is 13.3. The molecule has 1 aromatic rings. The largest absolute Gasteiger partial charge is 0.472 e. The number of ether oxygens (including phenoxy) is 5. The van der Waals surface area contributed by atoms with Crippen LogP contribution in [-0.4, -0.2) is 70.7 Å². The normalized spacial score (nSPS) is 35.7. The number of hydrogen-bond donors (Lipinski definition) is 1. The van der Waals surface area contributed by atoms with Crippen molar-refractivity contribution in [3.05, 3.63) is 24.2 Å². The van der Waals surface area contributed by atoms with Gasteiger partial charge in [-0.05, 0) is 58.4 Å². The molecule has 11 heteroatoms. The Bertz CT molecular complexity index is 1200. The summed E-state index contributed by atoms with van der Waals surface area (Å²) < 4.78 is 36.2. The van der Waals surface area contributed by atoms with Gasteiger partial charge in [0, 0.05) is 13.3 Å². The van der Waals surface area contributed by atoms with Crippen molar-refractivity contribution in [1.29, 1.82) is 0 Å². The number of furan rings is 1. The van der Waals surface area contributed by atoms with E-state index in [0.29, 0.717) is 19.3 Å². The topological polar surface area (TPSA) is 148 Å². The summed E-state index contributed by atoms with van der Waals surface area (Å²) in [6, 6.07) is 1.46. The molecule has 1 spiro atoms. The van der Waals surface area contributed by atoms with Crippen LogP contribution in [0.3, 0.4) is 0 Å². The molecule has 1 aromatic heterocycles. The van der Waals surface area contributed by atoms with E-state index in [0.717, 1.165) is 0 Å². The maximum atomic E-state index is 13.5. The third kappa shape index (κ3) is 5.59. The van der Waals surface area contributed by atoms with Gasteiger partial charge in [-0.1, -0.05) is 27.7 Å². The predicted octanol–water partition coefficient (Wildman–Crippen LogP) is 4.38. The fourth-order valence-electron chi connectivity index (χ4n) is 7.16. The average molecular weight is 607 g/mol. The van der Waals surface area contributed by atoms with Gasteiger partial charge in [-0.15, -0.1) is 0 Å². The Balaban J connectivity index is 1.97. The van der Waals surface area contributed by atoms with Gasteiger partial charge in [-0.3, -0.25) is 14.4 Å². The average Bonchev–Trinajstić information content (AvgIpc) is 3.55. The molecule has 0 radical (unpaired) electrons. The van der Waals surface area contributed by atoms with Gasteiger partial charge in [0.25, 0.3) is 0 Å². The van der Waals surface area contributed by atoms with Crippen LogP contribution in [0.4, 0.5) is 0 Å². The first-order valence-electron chi connectivity index (χ1n) is 15.2. The van der Waals surface area contributed by atoms with E-state index in [1.807, 2.05) is 27.7 Å². The molecule has 43 heavy (non-hydrogen) atoms. The number of esters is 4. The SMILES string of the molecule is CC[C@@H](C)C(=O)O[C@H]1C[C@](C)(O)[C@@]23C[C@@H](C[C@H](OC(=O)c4ccoc4)[C@]2(COC(C)=O)[C@H]1OC(=O)[C@H](C)CC)C(C)(C)O3. The molecule has 240 valence electrons. The van der Waals surface area contributed by atoms with Crippen molar-refractivity contribution in [2.75, 3.05) is 6.61 Å². The molecule has 0 unspecified atom stereocenters. The molecule has 11 nitrogen and oxygen atoms in total. The van der Waals surface area contributed by atoms with Crippen LogP contribution < -0.4 is 0 Å². The van der Waals surface area contributed by atoms with Gasteiger partial charge in [0.05, 0.1) is 34.9 Å².